The highest BCUT2D eigenvalue weighted by molar-refractivity contribution is 5.51. The molecule has 2 aromatic carbocycles. The smallest absolute Gasteiger partial charge is 0.0704 e. The Balaban J connectivity index is 1.86. The van der Waals surface area contributed by atoms with Gasteiger partial charge in [0.05, 0.1) is 18.0 Å². The third-order valence-electron chi connectivity index (χ3n) is 4.05. The van der Waals surface area contributed by atoms with E-state index in [4.69, 9.17) is 5.10 Å². The summed E-state index contributed by atoms with van der Waals surface area (Å²) < 4.78 is 1.93. The van der Waals surface area contributed by atoms with Crippen molar-refractivity contribution in [1.29, 1.82) is 0 Å². The normalized spacial score (nSPS) is 11.0. The van der Waals surface area contributed by atoms with E-state index in [-0.39, 0.29) is 6.61 Å². The summed E-state index contributed by atoms with van der Waals surface area (Å²) in [5.41, 5.74) is 5.18. The van der Waals surface area contributed by atoms with E-state index < -0.39 is 0 Å². The number of hydrogen-bond acceptors (Lipinski definition) is 3. The third kappa shape index (κ3) is 3.49. The highest BCUT2D eigenvalue weighted by Gasteiger charge is 2.13. The maximum Gasteiger partial charge on any atom is 0.0704 e. The number of hydrogen-bond donors (Lipinski definition) is 2. The molecule has 0 aliphatic rings. The highest BCUT2D eigenvalue weighted by atomic mass is 16.3. The van der Waals surface area contributed by atoms with Gasteiger partial charge in [0, 0.05) is 29.6 Å². The first-order valence-electron chi connectivity index (χ1n) is 8.25. The van der Waals surface area contributed by atoms with Gasteiger partial charge in [-0.15, -0.1) is 0 Å². The van der Waals surface area contributed by atoms with E-state index in [1.54, 1.807) is 0 Å². The zero-order valence-electron chi connectivity index (χ0n) is 14.1. The molecule has 3 aromatic rings. The van der Waals surface area contributed by atoms with Gasteiger partial charge in [-0.3, -0.25) is 0 Å². The Morgan fingerprint density at radius 1 is 1.00 bits per heavy atom. The largest absolute Gasteiger partial charge is 0.392 e. The minimum Gasteiger partial charge on any atom is -0.392 e. The summed E-state index contributed by atoms with van der Waals surface area (Å²) in [7, 11) is 0. The van der Waals surface area contributed by atoms with Crippen molar-refractivity contribution in [2.24, 2.45) is 0 Å². The van der Waals surface area contributed by atoms with Gasteiger partial charge in [-0.1, -0.05) is 50.2 Å². The van der Waals surface area contributed by atoms with E-state index in [2.05, 4.69) is 37.5 Å². The topological polar surface area (TPSA) is 50.1 Å². The van der Waals surface area contributed by atoms with Gasteiger partial charge in [0.2, 0.25) is 0 Å². The van der Waals surface area contributed by atoms with Crippen LogP contribution in [0.5, 0.6) is 0 Å². The Kier molecular flexibility index (Phi) is 4.96. The first-order chi connectivity index (χ1) is 11.7. The van der Waals surface area contributed by atoms with Crippen LogP contribution in [-0.2, 0) is 13.2 Å². The number of anilines is 1. The van der Waals surface area contributed by atoms with Crippen molar-refractivity contribution in [3.05, 3.63) is 77.6 Å². The SMILES string of the molecule is CC(C)c1nn(-c2ccccc2)cc1CNc1ccccc1CO. The van der Waals surface area contributed by atoms with E-state index in [0.29, 0.717) is 12.5 Å². The molecule has 2 N–H and O–H groups in total. The lowest BCUT2D eigenvalue weighted by Crippen LogP contribution is -2.04. The van der Waals surface area contributed by atoms with E-state index in [1.807, 2.05) is 47.1 Å². The van der Waals surface area contributed by atoms with Crippen LogP contribution in [0.3, 0.4) is 0 Å². The fraction of sp³-hybridized carbons (Fsp3) is 0.250. The molecule has 4 nitrogen and oxygen atoms in total. The van der Waals surface area contributed by atoms with Crippen LogP contribution in [0.2, 0.25) is 0 Å². The quantitative estimate of drug-likeness (QED) is 0.718. The summed E-state index contributed by atoms with van der Waals surface area (Å²) in [6, 6.07) is 18.0. The molecule has 124 valence electrons. The molecule has 0 fully saturated rings. The highest BCUT2D eigenvalue weighted by Crippen LogP contribution is 2.22. The van der Waals surface area contributed by atoms with Crippen LogP contribution >= 0.6 is 0 Å². The Bertz CT molecular complexity index is 794. The monoisotopic (exact) mass is 321 g/mol. The van der Waals surface area contributed by atoms with Gasteiger partial charge in [0.25, 0.3) is 0 Å². The lowest BCUT2D eigenvalue weighted by Gasteiger charge is -2.11. The predicted molar refractivity (Wildman–Crippen MR) is 97.3 cm³/mol. The fourth-order valence-electron chi connectivity index (χ4n) is 2.78. The number of nitrogens with zero attached hydrogens (tertiary/aromatic N) is 2. The molecule has 0 radical (unpaired) electrons. The Labute approximate surface area is 142 Å². The molecule has 0 aliphatic heterocycles. The summed E-state index contributed by atoms with van der Waals surface area (Å²) in [6.07, 6.45) is 2.08. The Morgan fingerprint density at radius 2 is 1.71 bits per heavy atom. The number of para-hydroxylation sites is 2. The lowest BCUT2D eigenvalue weighted by atomic mass is 10.1. The number of nitrogens with one attached hydrogen (secondary N) is 1. The van der Waals surface area contributed by atoms with E-state index in [0.717, 1.165) is 22.6 Å². The van der Waals surface area contributed by atoms with Gasteiger partial charge in [-0.2, -0.15) is 5.10 Å². The van der Waals surface area contributed by atoms with Crippen molar-refractivity contribution < 1.29 is 5.11 Å². The maximum atomic E-state index is 9.45. The second-order valence-electron chi connectivity index (χ2n) is 6.14. The summed E-state index contributed by atoms with van der Waals surface area (Å²) in [6.45, 7) is 5.02. The average molecular weight is 321 g/mol. The van der Waals surface area contributed by atoms with Gasteiger partial charge in [-0.25, -0.2) is 4.68 Å². The first-order valence-corrected chi connectivity index (χ1v) is 8.25. The molecule has 0 atom stereocenters. The third-order valence-corrected chi connectivity index (χ3v) is 4.05. The first kappa shape index (κ1) is 16.3. The van der Waals surface area contributed by atoms with Crippen LogP contribution in [0.1, 0.15) is 36.6 Å². The second-order valence-corrected chi connectivity index (χ2v) is 6.14. The maximum absolute atomic E-state index is 9.45. The molecule has 24 heavy (non-hydrogen) atoms. The average Bonchev–Trinajstić information content (AvgIpc) is 3.05. The predicted octanol–water partition coefficient (Wildman–Crippen LogP) is 4.10. The van der Waals surface area contributed by atoms with Gasteiger partial charge in [0.15, 0.2) is 0 Å². The van der Waals surface area contributed by atoms with E-state index in [1.165, 1.54) is 5.56 Å². The van der Waals surface area contributed by atoms with Crippen molar-refractivity contribution in [3.63, 3.8) is 0 Å². The number of rotatable bonds is 6. The number of benzene rings is 2. The Hall–Kier alpha value is -2.59. The Morgan fingerprint density at radius 3 is 2.42 bits per heavy atom. The fourth-order valence-corrected chi connectivity index (χ4v) is 2.78. The number of aliphatic hydroxyl groups is 1. The van der Waals surface area contributed by atoms with Crippen LogP contribution in [0, 0.1) is 0 Å². The van der Waals surface area contributed by atoms with Gasteiger partial charge in [0.1, 0.15) is 0 Å². The molecule has 0 spiro atoms. The van der Waals surface area contributed by atoms with Crippen molar-refractivity contribution >= 4 is 5.69 Å². The second kappa shape index (κ2) is 7.32. The zero-order valence-corrected chi connectivity index (χ0v) is 14.1. The molecule has 0 saturated heterocycles. The van der Waals surface area contributed by atoms with Gasteiger partial charge >= 0.3 is 0 Å². The van der Waals surface area contributed by atoms with E-state index >= 15 is 0 Å². The van der Waals surface area contributed by atoms with Crippen LogP contribution in [-0.4, -0.2) is 14.9 Å². The molecule has 0 unspecified atom stereocenters. The molecular formula is C20H23N3O. The molecule has 0 aliphatic carbocycles. The standard InChI is InChI=1S/C20H23N3O/c1-15(2)20-17(12-21-19-11-7-6-8-16(19)14-24)13-23(22-20)18-9-4-3-5-10-18/h3-11,13,15,21,24H,12,14H2,1-2H3. The van der Waals surface area contributed by atoms with Crippen molar-refractivity contribution in [2.45, 2.75) is 32.9 Å². The van der Waals surface area contributed by atoms with Crippen LogP contribution < -0.4 is 5.32 Å². The summed E-state index contributed by atoms with van der Waals surface area (Å²) >= 11 is 0. The number of aliphatic hydroxyl groups excluding tert-OH is 1. The summed E-state index contributed by atoms with van der Waals surface area (Å²) in [5, 5.41) is 17.6. The molecule has 0 bridgehead atoms. The van der Waals surface area contributed by atoms with Crippen molar-refractivity contribution in [3.8, 4) is 5.69 Å². The minimum absolute atomic E-state index is 0.0312. The molecule has 4 heteroatoms. The molecule has 3 rings (SSSR count). The molecule has 0 saturated carbocycles. The van der Waals surface area contributed by atoms with Crippen LogP contribution in [0.25, 0.3) is 5.69 Å². The van der Waals surface area contributed by atoms with Crippen LogP contribution in [0.15, 0.2) is 60.8 Å². The van der Waals surface area contributed by atoms with Crippen molar-refractivity contribution in [1.82, 2.24) is 9.78 Å². The molecule has 1 heterocycles. The lowest BCUT2D eigenvalue weighted by molar-refractivity contribution is 0.282. The molecule has 0 amide bonds. The molecule has 1 aromatic heterocycles. The minimum atomic E-state index is 0.0312. The zero-order chi connectivity index (χ0) is 16.9. The van der Waals surface area contributed by atoms with Gasteiger partial charge < -0.3 is 10.4 Å². The van der Waals surface area contributed by atoms with Crippen LogP contribution in [0.4, 0.5) is 5.69 Å². The number of aromatic nitrogens is 2. The summed E-state index contributed by atoms with van der Waals surface area (Å²) in [4.78, 5) is 0. The van der Waals surface area contributed by atoms with E-state index in [9.17, 15) is 5.11 Å². The summed E-state index contributed by atoms with van der Waals surface area (Å²) in [5.74, 6) is 0.347. The van der Waals surface area contributed by atoms with Crippen molar-refractivity contribution in [2.75, 3.05) is 5.32 Å². The van der Waals surface area contributed by atoms with Gasteiger partial charge in [-0.05, 0) is 24.1 Å². The molecular weight excluding hydrogens is 298 g/mol.